The maximum Gasteiger partial charge on any atom is 0.236 e. The Balaban J connectivity index is 2.86. The van der Waals surface area contributed by atoms with Crippen molar-refractivity contribution in [2.45, 2.75) is 19.4 Å². The zero-order chi connectivity index (χ0) is 14.3. The summed E-state index contributed by atoms with van der Waals surface area (Å²) < 4.78 is 0. The molecular weight excluding hydrogens is 240 g/mol. The van der Waals surface area contributed by atoms with Crippen molar-refractivity contribution < 1.29 is 4.79 Å². The monoisotopic (exact) mass is 264 g/mol. The third kappa shape index (κ3) is 4.61. The van der Waals surface area contributed by atoms with Gasteiger partial charge in [-0.2, -0.15) is 0 Å². The van der Waals surface area contributed by atoms with Crippen LogP contribution < -0.4 is 5.73 Å². The van der Waals surface area contributed by atoms with Crippen LogP contribution in [0.5, 0.6) is 0 Å². The maximum absolute atomic E-state index is 11.9. The number of hydrogen-bond donors (Lipinski definition) is 1. The fraction of sp³-hybridized carbons (Fsp3) is 0.571. The van der Waals surface area contributed by atoms with E-state index in [0.29, 0.717) is 13.1 Å². The van der Waals surface area contributed by atoms with Crippen molar-refractivity contribution in [1.82, 2.24) is 14.8 Å². The average Bonchev–Trinajstić information content (AvgIpc) is 2.40. The Kier molecular flexibility index (Phi) is 6.45. The summed E-state index contributed by atoms with van der Waals surface area (Å²) in [7, 11) is 3.54. The van der Waals surface area contributed by atoms with Gasteiger partial charge in [0.05, 0.1) is 6.54 Å². The van der Waals surface area contributed by atoms with Crippen LogP contribution in [0, 0.1) is 0 Å². The Labute approximate surface area is 115 Å². The van der Waals surface area contributed by atoms with E-state index >= 15 is 0 Å². The topological polar surface area (TPSA) is 62.5 Å². The third-order valence-corrected chi connectivity index (χ3v) is 3.08. The van der Waals surface area contributed by atoms with Gasteiger partial charge in [0, 0.05) is 39.1 Å². The lowest BCUT2D eigenvalue weighted by molar-refractivity contribution is -0.130. The minimum atomic E-state index is 0.0394. The fourth-order valence-corrected chi connectivity index (χ4v) is 2.02. The normalized spacial score (nSPS) is 12.5. The first-order valence-corrected chi connectivity index (χ1v) is 6.64. The highest BCUT2D eigenvalue weighted by Gasteiger charge is 2.21. The number of carbonyl (C=O) groups is 1. The molecule has 106 valence electrons. The molecule has 0 aromatic carbocycles. The molecule has 1 atom stereocenters. The van der Waals surface area contributed by atoms with Crippen molar-refractivity contribution in [2.75, 3.05) is 33.7 Å². The van der Waals surface area contributed by atoms with E-state index in [9.17, 15) is 4.79 Å². The molecule has 5 heteroatoms. The van der Waals surface area contributed by atoms with Gasteiger partial charge in [0.2, 0.25) is 5.91 Å². The number of nitrogens with zero attached hydrogens (tertiary/aromatic N) is 3. The second-order valence-electron chi connectivity index (χ2n) is 4.80. The second kappa shape index (κ2) is 7.86. The van der Waals surface area contributed by atoms with Crippen molar-refractivity contribution >= 4 is 5.91 Å². The minimum Gasteiger partial charge on any atom is -0.348 e. The number of pyridine rings is 1. The summed E-state index contributed by atoms with van der Waals surface area (Å²) in [5, 5.41) is 0. The lowest BCUT2D eigenvalue weighted by atomic mass is 10.1. The molecule has 0 aliphatic carbocycles. The molecule has 1 rings (SSSR count). The van der Waals surface area contributed by atoms with Crippen LogP contribution in [0.1, 0.15) is 24.9 Å². The van der Waals surface area contributed by atoms with Crippen LogP contribution in [0.3, 0.4) is 0 Å². The molecule has 0 aliphatic rings. The van der Waals surface area contributed by atoms with Gasteiger partial charge in [-0.1, -0.05) is 13.0 Å². The molecule has 0 bridgehead atoms. The van der Waals surface area contributed by atoms with E-state index in [0.717, 1.165) is 18.5 Å². The van der Waals surface area contributed by atoms with Crippen LogP contribution in [0.25, 0.3) is 0 Å². The molecule has 1 aromatic heterocycles. The minimum absolute atomic E-state index is 0.0394. The van der Waals surface area contributed by atoms with Gasteiger partial charge in [0.25, 0.3) is 0 Å². The number of rotatable bonds is 7. The molecular formula is C14H24N4O. The summed E-state index contributed by atoms with van der Waals surface area (Å²) in [6.07, 6.45) is 4.55. The quantitative estimate of drug-likeness (QED) is 0.794. The Morgan fingerprint density at radius 3 is 2.68 bits per heavy atom. The van der Waals surface area contributed by atoms with Crippen LogP contribution in [-0.2, 0) is 4.79 Å². The number of aromatic nitrogens is 1. The lowest BCUT2D eigenvalue weighted by Crippen LogP contribution is -2.41. The predicted octanol–water partition coefficient (Wildman–Crippen LogP) is 0.882. The highest BCUT2D eigenvalue weighted by atomic mass is 16.2. The van der Waals surface area contributed by atoms with Gasteiger partial charge in [0.15, 0.2) is 0 Å². The van der Waals surface area contributed by atoms with E-state index in [4.69, 9.17) is 5.73 Å². The van der Waals surface area contributed by atoms with Crippen LogP contribution in [-0.4, -0.2) is 54.4 Å². The molecule has 1 amide bonds. The predicted molar refractivity (Wildman–Crippen MR) is 76.6 cm³/mol. The highest BCUT2D eigenvalue weighted by molar-refractivity contribution is 5.77. The Morgan fingerprint density at radius 2 is 2.21 bits per heavy atom. The molecule has 0 saturated carbocycles. The number of hydrogen-bond acceptors (Lipinski definition) is 4. The summed E-state index contributed by atoms with van der Waals surface area (Å²) in [6.45, 7) is 3.81. The smallest absolute Gasteiger partial charge is 0.236 e. The second-order valence-corrected chi connectivity index (χ2v) is 4.80. The van der Waals surface area contributed by atoms with Gasteiger partial charge >= 0.3 is 0 Å². The molecule has 0 radical (unpaired) electrons. The van der Waals surface area contributed by atoms with E-state index in [1.807, 2.05) is 18.3 Å². The SMILES string of the molecule is CCCN(CC(=O)N(C)C)C(CN)c1cccnc1. The van der Waals surface area contributed by atoms with Crippen molar-refractivity contribution in [3.05, 3.63) is 30.1 Å². The molecule has 0 saturated heterocycles. The van der Waals surface area contributed by atoms with E-state index in [-0.39, 0.29) is 11.9 Å². The van der Waals surface area contributed by atoms with E-state index in [1.165, 1.54) is 0 Å². The lowest BCUT2D eigenvalue weighted by Gasteiger charge is -2.31. The summed E-state index contributed by atoms with van der Waals surface area (Å²) in [4.78, 5) is 19.8. The van der Waals surface area contributed by atoms with E-state index < -0.39 is 0 Å². The fourth-order valence-electron chi connectivity index (χ4n) is 2.02. The van der Waals surface area contributed by atoms with Gasteiger partial charge < -0.3 is 10.6 Å². The first kappa shape index (κ1) is 15.6. The highest BCUT2D eigenvalue weighted by Crippen LogP contribution is 2.18. The largest absolute Gasteiger partial charge is 0.348 e. The van der Waals surface area contributed by atoms with Crippen molar-refractivity contribution in [3.63, 3.8) is 0 Å². The number of amides is 1. The Bertz CT molecular complexity index is 380. The standard InChI is InChI=1S/C14H24N4O/c1-4-8-18(11-14(19)17(2)3)13(9-15)12-6-5-7-16-10-12/h5-7,10,13H,4,8-9,11,15H2,1-3H3. The molecule has 1 aromatic rings. The van der Waals surface area contributed by atoms with Crippen LogP contribution in [0.15, 0.2) is 24.5 Å². The number of nitrogens with two attached hydrogens (primary N) is 1. The summed E-state index contributed by atoms with van der Waals surface area (Å²) >= 11 is 0. The van der Waals surface area contributed by atoms with Crippen molar-refractivity contribution in [1.29, 1.82) is 0 Å². The summed E-state index contributed by atoms with van der Waals surface area (Å²) in [5.74, 6) is 0.0933. The van der Waals surface area contributed by atoms with E-state index in [2.05, 4.69) is 16.8 Å². The van der Waals surface area contributed by atoms with Crippen molar-refractivity contribution in [3.8, 4) is 0 Å². The number of carbonyl (C=O) groups excluding carboxylic acids is 1. The van der Waals surface area contributed by atoms with Gasteiger partial charge in [0.1, 0.15) is 0 Å². The van der Waals surface area contributed by atoms with Gasteiger partial charge in [-0.05, 0) is 24.6 Å². The van der Waals surface area contributed by atoms with Crippen LogP contribution in [0.2, 0.25) is 0 Å². The molecule has 1 heterocycles. The summed E-state index contributed by atoms with van der Waals surface area (Å²) in [5.41, 5.74) is 6.95. The van der Waals surface area contributed by atoms with Gasteiger partial charge in [-0.3, -0.25) is 14.7 Å². The molecule has 5 nitrogen and oxygen atoms in total. The first-order chi connectivity index (χ1) is 9.10. The summed E-state index contributed by atoms with van der Waals surface area (Å²) in [6, 6.07) is 3.95. The van der Waals surface area contributed by atoms with E-state index in [1.54, 1.807) is 25.2 Å². The van der Waals surface area contributed by atoms with Crippen molar-refractivity contribution in [2.24, 2.45) is 5.73 Å². The molecule has 1 unspecified atom stereocenters. The Hall–Kier alpha value is -1.46. The first-order valence-electron chi connectivity index (χ1n) is 6.64. The molecule has 0 fully saturated rings. The van der Waals surface area contributed by atoms with Crippen LogP contribution in [0.4, 0.5) is 0 Å². The molecule has 0 spiro atoms. The third-order valence-electron chi connectivity index (χ3n) is 3.08. The molecule has 0 aliphatic heterocycles. The molecule has 2 N–H and O–H groups in total. The zero-order valence-corrected chi connectivity index (χ0v) is 12.0. The van der Waals surface area contributed by atoms with Gasteiger partial charge in [-0.15, -0.1) is 0 Å². The van der Waals surface area contributed by atoms with Crippen LogP contribution >= 0.6 is 0 Å². The maximum atomic E-state index is 11.9. The molecule has 19 heavy (non-hydrogen) atoms. The Morgan fingerprint density at radius 1 is 1.47 bits per heavy atom. The zero-order valence-electron chi connectivity index (χ0n) is 12.0. The van der Waals surface area contributed by atoms with Gasteiger partial charge in [-0.25, -0.2) is 0 Å². The average molecular weight is 264 g/mol. The number of likely N-dealkylation sites (N-methyl/N-ethyl adjacent to an activating group) is 1.